The van der Waals surface area contributed by atoms with Crippen molar-refractivity contribution in [1.82, 2.24) is 15.1 Å². The van der Waals surface area contributed by atoms with E-state index in [1.807, 2.05) is 25.2 Å². The number of para-hydroxylation sites is 2. The number of aromatic hydroxyl groups is 1. The second-order valence-corrected chi connectivity index (χ2v) is 7.64. The van der Waals surface area contributed by atoms with Crippen molar-refractivity contribution in [3.63, 3.8) is 0 Å². The van der Waals surface area contributed by atoms with Gasteiger partial charge in [-0.3, -0.25) is 9.89 Å². The lowest BCUT2D eigenvalue weighted by atomic mass is 10.2. The third-order valence-electron chi connectivity index (χ3n) is 5.60. The molecule has 156 valence electrons. The normalized spacial score (nSPS) is 16.2. The summed E-state index contributed by atoms with van der Waals surface area (Å²) in [5.74, 6) is 1.29. The van der Waals surface area contributed by atoms with Crippen LogP contribution >= 0.6 is 0 Å². The van der Waals surface area contributed by atoms with Crippen molar-refractivity contribution in [3.05, 3.63) is 60.2 Å². The number of hydrogen-bond acceptors (Lipinski definition) is 4. The maximum atomic E-state index is 10.1. The summed E-state index contributed by atoms with van der Waals surface area (Å²) in [5.41, 5.74) is 2.23. The Morgan fingerprint density at radius 2 is 1.72 bits per heavy atom. The third-order valence-corrected chi connectivity index (χ3v) is 5.60. The zero-order chi connectivity index (χ0) is 20.6. The molecule has 2 N–H and O–H groups in total. The predicted octanol–water partition coefficient (Wildman–Crippen LogP) is 2.61. The number of anilines is 1. The Morgan fingerprint density at radius 1 is 1.07 bits per heavy atom. The van der Waals surface area contributed by atoms with Crippen LogP contribution in [0, 0.1) is 0 Å². The van der Waals surface area contributed by atoms with Crippen LogP contribution in [-0.4, -0.2) is 73.7 Å². The quantitative estimate of drug-likeness (QED) is 0.582. The van der Waals surface area contributed by atoms with Crippen LogP contribution in [0.15, 0.2) is 59.6 Å². The zero-order valence-electron chi connectivity index (χ0n) is 17.8. The van der Waals surface area contributed by atoms with Crippen molar-refractivity contribution in [3.8, 4) is 5.75 Å². The molecule has 1 aliphatic heterocycles. The molecule has 6 heteroatoms. The summed E-state index contributed by atoms with van der Waals surface area (Å²) in [7, 11) is 4.00. The minimum absolute atomic E-state index is 0.346. The van der Waals surface area contributed by atoms with Crippen LogP contribution in [0.25, 0.3) is 0 Å². The fourth-order valence-electron chi connectivity index (χ4n) is 3.65. The van der Waals surface area contributed by atoms with Gasteiger partial charge in [-0.1, -0.05) is 42.5 Å². The van der Waals surface area contributed by atoms with Gasteiger partial charge >= 0.3 is 0 Å². The number of rotatable bonds is 6. The van der Waals surface area contributed by atoms with Gasteiger partial charge in [0.15, 0.2) is 5.96 Å². The van der Waals surface area contributed by atoms with Crippen molar-refractivity contribution >= 4 is 11.6 Å². The van der Waals surface area contributed by atoms with Crippen LogP contribution < -0.4 is 10.2 Å². The number of nitrogens with zero attached hydrogens (tertiary/aromatic N) is 4. The van der Waals surface area contributed by atoms with Gasteiger partial charge in [-0.25, -0.2) is 0 Å². The first-order chi connectivity index (χ1) is 14.1. The van der Waals surface area contributed by atoms with E-state index < -0.39 is 0 Å². The lowest BCUT2D eigenvalue weighted by Crippen LogP contribution is -2.54. The highest BCUT2D eigenvalue weighted by Crippen LogP contribution is 2.27. The number of hydrogen-bond donors (Lipinski definition) is 2. The Hall–Kier alpha value is -2.73. The Kier molecular flexibility index (Phi) is 7.36. The molecular formula is C23H33N5O. The summed E-state index contributed by atoms with van der Waals surface area (Å²) < 4.78 is 0. The number of benzene rings is 2. The van der Waals surface area contributed by atoms with E-state index in [1.54, 1.807) is 6.07 Å². The largest absolute Gasteiger partial charge is 0.506 e. The minimum Gasteiger partial charge on any atom is -0.506 e. The molecule has 29 heavy (non-hydrogen) atoms. The summed E-state index contributed by atoms with van der Waals surface area (Å²) in [4.78, 5) is 11.4. The number of nitrogens with one attached hydrogen (secondary N) is 1. The van der Waals surface area contributed by atoms with Crippen molar-refractivity contribution in [2.75, 3.05) is 51.7 Å². The summed E-state index contributed by atoms with van der Waals surface area (Å²) in [6.45, 7) is 7.49. The van der Waals surface area contributed by atoms with Crippen LogP contribution in [0.5, 0.6) is 5.75 Å². The average Bonchev–Trinajstić information content (AvgIpc) is 2.75. The van der Waals surface area contributed by atoms with E-state index in [0.717, 1.165) is 50.9 Å². The predicted molar refractivity (Wildman–Crippen MR) is 121 cm³/mol. The first-order valence-corrected chi connectivity index (χ1v) is 10.3. The number of piperazine rings is 1. The standard InChI is InChI=1S/C23H33N5O/c1-19(26(3)18-20-9-5-4-6-10-20)17-25-23(24-2)28-15-13-27(14-16-28)21-11-7-8-12-22(21)29/h4-12,19,29H,13-18H2,1-3H3,(H,24,25). The van der Waals surface area contributed by atoms with Gasteiger partial charge in [0.1, 0.15) is 5.75 Å². The molecule has 2 aromatic rings. The van der Waals surface area contributed by atoms with E-state index in [1.165, 1.54) is 5.56 Å². The summed E-state index contributed by atoms with van der Waals surface area (Å²) in [6, 6.07) is 18.5. The fourth-order valence-corrected chi connectivity index (χ4v) is 3.65. The molecule has 0 amide bonds. The summed E-state index contributed by atoms with van der Waals surface area (Å²) in [5, 5.41) is 13.6. The molecule has 3 rings (SSSR count). The lowest BCUT2D eigenvalue weighted by molar-refractivity contribution is 0.246. The highest BCUT2D eigenvalue weighted by atomic mass is 16.3. The Bertz CT molecular complexity index is 787. The van der Waals surface area contributed by atoms with Gasteiger partial charge in [0.25, 0.3) is 0 Å². The molecule has 0 bridgehead atoms. The van der Waals surface area contributed by atoms with Crippen LogP contribution in [-0.2, 0) is 6.54 Å². The Labute approximate surface area is 174 Å². The monoisotopic (exact) mass is 395 g/mol. The third kappa shape index (κ3) is 5.64. The van der Waals surface area contributed by atoms with Crippen molar-refractivity contribution < 1.29 is 5.11 Å². The molecule has 1 aliphatic rings. The Balaban J connectivity index is 1.47. The fraction of sp³-hybridized carbons (Fsp3) is 0.435. The smallest absolute Gasteiger partial charge is 0.193 e. The van der Waals surface area contributed by atoms with Gasteiger partial charge in [-0.15, -0.1) is 0 Å². The lowest BCUT2D eigenvalue weighted by Gasteiger charge is -2.38. The average molecular weight is 396 g/mol. The van der Waals surface area contributed by atoms with Gasteiger partial charge in [0.2, 0.25) is 0 Å². The molecule has 0 spiro atoms. The molecular weight excluding hydrogens is 362 g/mol. The SMILES string of the molecule is CN=C(NCC(C)N(C)Cc1ccccc1)N1CCN(c2ccccc2O)CC1. The molecule has 0 aliphatic carbocycles. The van der Waals surface area contributed by atoms with E-state index in [4.69, 9.17) is 0 Å². The van der Waals surface area contributed by atoms with Gasteiger partial charge in [-0.05, 0) is 31.7 Å². The van der Waals surface area contributed by atoms with Gasteiger partial charge in [0.05, 0.1) is 5.69 Å². The molecule has 6 nitrogen and oxygen atoms in total. The molecule has 1 heterocycles. The van der Waals surface area contributed by atoms with Gasteiger partial charge in [0, 0.05) is 52.4 Å². The van der Waals surface area contributed by atoms with Crippen molar-refractivity contribution in [2.45, 2.75) is 19.5 Å². The zero-order valence-corrected chi connectivity index (χ0v) is 17.8. The van der Waals surface area contributed by atoms with Crippen molar-refractivity contribution in [2.24, 2.45) is 4.99 Å². The van der Waals surface area contributed by atoms with Gasteiger partial charge < -0.3 is 20.2 Å². The van der Waals surface area contributed by atoms with E-state index in [2.05, 4.69) is 69.3 Å². The van der Waals surface area contributed by atoms with E-state index in [0.29, 0.717) is 11.8 Å². The maximum absolute atomic E-state index is 10.1. The molecule has 2 aromatic carbocycles. The Morgan fingerprint density at radius 3 is 2.38 bits per heavy atom. The topological polar surface area (TPSA) is 54.3 Å². The highest BCUT2D eigenvalue weighted by Gasteiger charge is 2.21. The first kappa shape index (κ1) is 21.0. The number of likely N-dealkylation sites (N-methyl/N-ethyl adjacent to an activating group) is 1. The summed E-state index contributed by atoms with van der Waals surface area (Å²) >= 11 is 0. The second kappa shape index (κ2) is 10.2. The van der Waals surface area contributed by atoms with Crippen LogP contribution in [0.2, 0.25) is 0 Å². The second-order valence-electron chi connectivity index (χ2n) is 7.64. The number of phenols is 1. The van der Waals surface area contributed by atoms with Gasteiger partial charge in [-0.2, -0.15) is 0 Å². The van der Waals surface area contributed by atoms with Crippen molar-refractivity contribution in [1.29, 1.82) is 0 Å². The number of guanidine groups is 1. The molecule has 0 radical (unpaired) electrons. The van der Waals surface area contributed by atoms with E-state index >= 15 is 0 Å². The maximum Gasteiger partial charge on any atom is 0.193 e. The number of phenolic OH excluding ortho intramolecular Hbond substituents is 1. The number of aliphatic imine (C=N–C) groups is 1. The van der Waals surface area contributed by atoms with Crippen LogP contribution in [0.4, 0.5) is 5.69 Å². The summed E-state index contributed by atoms with van der Waals surface area (Å²) in [6.07, 6.45) is 0. The molecule has 0 saturated carbocycles. The molecule has 0 aromatic heterocycles. The highest BCUT2D eigenvalue weighted by molar-refractivity contribution is 5.80. The van der Waals surface area contributed by atoms with Crippen LogP contribution in [0.3, 0.4) is 0 Å². The van der Waals surface area contributed by atoms with Crippen LogP contribution in [0.1, 0.15) is 12.5 Å². The molecule has 1 fully saturated rings. The molecule has 1 atom stereocenters. The molecule has 1 unspecified atom stereocenters. The first-order valence-electron chi connectivity index (χ1n) is 10.3. The minimum atomic E-state index is 0.346. The van der Waals surface area contributed by atoms with E-state index in [-0.39, 0.29) is 0 Å². The van der Waals surface area contributed by atoms with E-state index in [9.17, 15) is 5.11 Å². The molecule has 1 saturated heterocycles.